The van der Waals surface area contributed by atoms with Crippen molar-refractivity contribution in [1.82, 2.24) is 0 Å². The maximum Gasteiger partial charge on any atom is 0.306 e. The first-order valence-corrected chi connectivity index (χ1v) is 36.8. The van der Waals surface area contributed by atoms with Gasteiger partial charge in [0, 0.05) is 19.3 Å². The minimum atomic E-state index is -0.776. The molecule has 484 valence electrons. The zero-order chi connectivity index (χ0) is 59.9. The number of carbonyl (C=O) groups excluding carboxylic acids is 3. The summed E-state index contributed by atoms with van der Waals surface area (Å²) in [5, 5.41) is 0. The molecule has 1 unspecified atom stereocenters. The predicted octanol–water partition coefficient (Wildman–Crippen LogP) is 25.5. The topological polar surface area (TPSA) is 78.9 Å². The Hall–Kier alpha value is -2.89. The highest BCUT2D eigenvalue weighted by atomic mass is 16.6. The molecule has 0 rings (SSSR count). The van der Waals surface area contributed by atoms with Gasteiger partial charge in [-0.3, -0.25) is 14.4 Å². The van der Waals surface area contributed by atoms with E-state index in [1.165, 1.54) is 257 Å². The number of rotatable bonds is 68. The molecule has 0 amide bonds. The second-order valence-electron chi connectivity index (χ2n) is 24.8. The second-order valence-corrected chi connectivity index (χ2v) is 24.8. The van der Waals surface area contributed by atoms with Crippen molar-refractivity contribution in [2.24, 2.45) is 0 Å². The van der Waals surface area contributed by atoms with E-state index in [9.17, 15) is 14.4 Å². The molecule has 0 saturated heterocycles. The molecule has 0 aliphatic heterocycles. The van der Waals surface area contributed by atoms with Crippen LogP contribution in [0.4, 0.5) is 0 Å². The number of carbonyl (C=O) groups is 3. The van der Waals surface area contributed by atoms with E-state index in [0.717, 1.165) is 96.3 Å². The van der Waals surface area contributed by atoms with Gasteiger partial charge in [-0.15, -0.1) is 0 Å². The molecule has 0 aliphatic carbocycles. The Morgan fingerprint density at radius 2 is 0.494 bits per heavy atom. The number of hydrogen-bond donors (Lipinski definition) is 0. The zero-order valence-electron chi connectivity index (χ0n) is 55.7. The van der Waals surface area contributed by atoms with Gasteiger partial charge in [0.05, 0.1) is 0 Å². The number of allylic oxidation sites excluding steroid dienone is 10. The molecule has 6 heteroatoms. The van der Waals surface area contributed by atoms with Crippen molar-refractivity contribution < 1.29 is 28.6 Å². The fourth-order valence-electron chi connectivity index (χ4n) is 11.0. The number of esters is 3. The Bertz CT molecular complexity index is 1470. The lowest BCUT2D eigenvalue weighted by molar-refractivity contribution is -0.167. The van der Waals surface area contributed by atoms with Crippen molar-refractivity contribution in [2.75, 3.05) is 13.2 Å². The van der Waals surface area contributed by atoms with E-state index in [0.29, 0.717) is 19.3 Å². The summed E-state index contributed by atoms with van der Waals surface area (Å²) in [5.74, 6) is -0.860. The minimum Gasteiger partial charge on any atom is -0.462 e. The highest BCUT2D eigenvalue weighted by Gasteiger charge is 2.19. The van der Waals surface area contributed by atoms with Crippen LogP contribution >= 0.6 is 0 Å². The third kappa shape index (κ3) is 69.8. The van der Waals surface area contributed by atoms with Gasteiger partial charge in [0.15, 0.2) is 6.10 Å². The van der Waals surface area contributed by atoms with Crippen molar-refractivity contribution in [2.45, 2.75) is 399 Å². The quantitative estimate of drug-likeness (QED) is 0.0261. The summed E-state index contributed by atoms with van der Waals surface area (Å²) in [4.78, 5) is 38.4. The van der Waals surface area contributed by atoms with Crippen LogP contribution in [0.2, 0.25) is 0 Å². The molecule has 0 aromatic carbocycles. The van der Waals surface area contributed by atoms with Crippen LogP contribution < -0.4 is 0 Å². The van der Waals surface area contributed by atoms with Crippen LogP contribution in [0.1, 0.15) is 393 Å². The summed E-state index contributed by atoms with van der Waals surface area (Å²) < 4.78 is 17.0. The minimum absolute atomic E-state index is 0.0721. The van der Waals surface area contributed by atoms with E-state index in [1.54, 1.807) is 0 Å². The molecular weight excluding hydrogens is 1020 g/mol. The average Bonchev–Trinajstić information content (AvgIpc) is 3.48. The lowest BCUT2D eigenvalue weighted by Gasteiger charge is -2.18. The van der Waals surface area contributed by atoms with Crippen LogP contribution in [-0.2, 0) is 28.6 Å². The SMILES string of the molecule is CC/C=C\C/C=C\C/C=C\C/C=C\CCCCCCCCCCCCCCCCC(=O)OC(COC(=O)CCCCCCC/C=C\CCC)COC(=O)CCCCCCCCCCCCCCCCCCCCCCCCCCCCCC. The van der Waals surface area contributed by atoms with Crippen molar-refractivity contribution in [1.29, 1.82) is 0 Å². The first-order chi connectivity index (χ1) is 41.0. The Morgan fingerprint density at radius 3 is 0.795 bits per heavy atom. The Morgan fingerprint density at radius 1 is 0.253 bits per heavy atom. The van der Waals surface area contributed by atoms with Crippen LogP contribution in [-0.4, -0.2) is 37.2 Å². The lowest BCUT2D eigenvalue weighted by Crippen LogP contribution is -2.30. The highest BCUT2D eigenvalue weighted by molar-refractivity contribution is 5.71. The Kier molecular flexibility index (Phi) is 69.1. The smallest absolute Gasteiger partial charge is 0.306 e. The van der Waals surface area contributed by atoms with Gasteiger partial charge in [-0.1, -0.05) is 358 Å². The van der Waals surface area contributed by atoms with Crippen molar-refractivity contribution in [3.63, 3.8) is 0 Å². The van der Waals surface area contributed by atoms with Gasteiger partial charge >= 0.3 is 17.9 Å². The van der Waals surface area contributed by atoms with Crippen molar-refractivity contribution in [3.8, 4) is 0 Å². The second kappa shape index (κ2) is 71.6. The largest absolute Gasteiger partial charge is 0.462 e. The van der Waals surface area contributed by atoms with Gasteiger partial charge in [0.1, 0.15) is 13.2 Å². The molecule has 0 radical (unpaired) electrons. The maximum absolute atomic E-state index is 12.9. The molecule has 0 saturated carbocycles. The summed E-state index contributed by atoms with van der Waals surface area (Å²) in [7, 11) is 0. The van der Waals surface area contributed by atoms with E-state index in [2.05, 4.69) is 81.5 Å². The summed E-state index contributed by atoms with van der Waals surface area (Å²) >= 11 is 0. The molecular formula is C77H140O6. The highest BCUT2D eigenvalue weighted by Crippen LogP contribution is 2.19. The standard InChI is InChI=1S/C77H140O6/c1-4-7-10-13-16-19-22-24-26-28-30-32-34-36-38-40-41-43-45-47-49-51-53-55-58-61-64-67-70-76(79)82-73-74(72-81-75(78)69-66-63-60-57-21-18-15-12-9-6-3)83-77(80)71-68-65-62-59-56-54-52-50-48-46-44-42-39-37-35-33-31-29-27-25-23-20-17-14-11-8-5-2/h8,11-12,15,17,20,25,27,31,33,74H,4-7,9-10,13-14,16,18-19,21-24,26,28-30,32,34-73H2,1-3H3/b11-8-,15-12-,20-17-,27-25-,33-31-. The summed E-state index contributed by atoms with van der Waals surface area (Å²) in [6.07, 6.45) is 92.8. The Labute approximate surface area is 517 Å². The molecule has 0 aromatic rings. The van der Waals surface area contributed by atoms with Gasteiger partial charge in [0.2, 0.25) is 0 Å². The van der Waals surface area contributed by atoms with Crippen LogP contribution in [0, 0.1) is 0 Å². The number of ether oxygens (including phenoxy) is 3. The van der Waals surface area contributed by atoms with Gasteiger partial charge in [-0.05, 0) is 77.0 Å². The lowest BCUT2D eigenvalue weighted by atomic mass is 10.0. The normalized spacial score (nSPS) is 12.4. The third-order valence-corrected chi connectivity index (χ3v) is 16.5. The third-order valence-electron chi connectivity index (χ3n) is 16.5. The fourth-order valence-corrected chi connectivity index (χ4v) is 11.0. The first-order valence-electron chi connectivity index (χ1n) is 36.8. The van der Waals surface area contributed by atoms with Gasteiger partial charge in [-0.2, -0.15) is 0 Å². The van der Waals surface area contributed by atoms with E-state index >= 15 is 0 Å². The summed E-state index contributed by atoms with van der Waals surface area (Å²) in [6, 6.07) is 0. The molecule has 1 atom stereocenters. The molecule has 0 N–H and O–H groups in total. The van der Waals surface area contributed by atoms with E-state index < -0.39 is 6.10 Å². The number of unbranched alkanes of at least 4 members (excludes halogenated alkanes) is 47. The molecule has 0 fully saturated rings. The Balaban J connectivity index is 4.12. The van der Waals surface area contributed by atoms with Crippen LogP contribution in [0.5, 0.6) is 0 Å². The van der Waals surface area contributed by atoms with Crippen LogP contribution in [0.3, 0.4) is 0 Å². The predicted molar refractivity (Wildman–Crippen MR) is 362 cm³/mol. The van der Waals surface area contributed by atoms with Crippen molar-refractivity contribution >= 4 is 17.9 Å². The van der Waals surface area contributed by atoms with Gasteiger partial charge < -0.3 is 14.2 Å². The van der Waals surface area contributed by atoms with Crippen molar-refractivity contribution in [3.05, 3.63) is 60.8 Å². The first kappa shape index (κ1) is 80.1. The molecule has 0 aromatic heterocycles. The van der Waals surface area contributed by atoms with Gasteiger partial charge in [0.25, 0.3) is 0 Å². The van der Waals surface area contributed by atoms with Crippen LogP contribution in [0.15, 0.2) is 60.8 Å². The fraction of sp³-hybridized carbons (Fsp3) is 0.831. The van der Waals surface area contributed by atoms with Crippen LogP contribution in [0.25, 0.3) is 0 Å². The van der Waals surface area contributed by atoms with Gasteiger partial charge in [-0.25, -0.2) is 0 Å². The molecule has 0 spiro atoms. The molecule has 0 bridgehead atoms. The summed E-state index contributed by atoms with van der Waals surface area (Å²) in [5.41, 5.74) is 0. The average molecular weight is 1160 g/mol. The number of hydrogen-bond acceptors (Lipinski definition) is 6. The zero-order valence-corrected chi connectivity index (χ0v) is 55.7. The maximum atomic E-state index is 12.9. The van der Waals surface area contributed by atoms with E-state index in [1.807, 2.05) is 0 Å². The van der Waals surface area contributed by atoms with E-state index in [-0.39, 0.29) is 31.1 Å². The monoisotopic (exact) mass is 1160 g/mol. The molecule has 0 aliphatic rings. The molecule has 0 heterocycles. The molecule has 83 heavy (non-hydrogen) atoms. The summed E-state index contributed by atoms with van der Waals surface area (Å²) in [6.45, 7) is 6.53. The van der Waals surface area contributed by atoms with E-state index in [4.69, 9.17) is 14.2 Å². The molecule has 6 nitrogen and oxygen atoms in total.